The summed E-state index contributed by atoms with van der Waals surface area (Å²) < 4.78 is 5.88. The van der Waals surface area contributed by atoms with Crippen molar-refractivity contribution in [3.05, 3.63) is 46.1 Å². The van der Waals surface area contributed by atoms with Gasteiger partial charge in [-0.1, -0.05) is 35.4 Å². The van der Waals surface area contributed by atoms with E-state index >= 15 is 0 Å². The summed E-state index contributed by atoms with van der Waals surface area (Å²) in [5, 5.41) is 1.15. The molecule has 0 unspecified atom stereocenters. The van der Waals surface area contributed by atoms with Crippen LogP contribution in [0.15, 0.2) is 34.7 Å². The van der Waals surface area contributed by atoms with Gasteiger partial charge >= 0.3 is 0 Å². The van der Waals surface area contributed by atoms with E-state index in [4.69, 9.17) is 45.6 Å². The summed E-state index contributed by atoms with van der Waals surface area (Å²) in [5.41, 5.74) is 6.09. The van der Waals surface area contributed by atoms with Gasteiger partial charge in [-0.05, 0) is 43.2 Å². The molecule has 1 aliphatic heterocycles. The Labute approximate surface area is 155 Å². The second-order valence-electron chi connectivity index (χ2n) is 5.76. The van der Waals surface area contributed by atoms with Crippen molar-refractivity contribution in [3.63, 3.8) is 0 Å². The maximum atomic E-state index is 11.2. The lowest BCUT2D eigenvalue weighted by atomic mass is 9.96. The number of benzene rings is 1. The molecule has 2 heterocycles. The smallest absolute Gasteiger partial charge is 0.220 e. The third kappa shape index (κ3) is 3.58. The van der Waals surface area contributed by atoms with Crippen molar-refractivity contribution in [2.45, 2.75) is 12.8 Å². The zero-order valence-electron chi connectivity index (χ0n) is 12.8. The Hall–Kier alpha value is -1.56. The summed E-state index contributed by atoms with van der Waals surface area (Å²) in [6.45, 7) is 1.39. The van der Waals surface area contributed by atoms with Gasteiger partial charge in [0.05, 0.1) is 5.02 Å². The van der Waals surface area contributed by atoms with Gasteiger partial charge in [-0.25, -0.2) is 0 Å². The number of primary amides is 1. The zero-order valence-corrected chi connectivity index (χ0v) is 15.1. The first-order valence-corrected chi connectivity index (χ1v) is 8.76. The van der Waals surface area contributed by atoms with Gasteiger partial charge < -0.3 is 15.1 Å². The highest BCUT2D eigenvalue weighted by Gasteiger charge is 2.26. The lowest BCUT2D eigenvalue weighted by Gasteiger charge is -2.31. The highest BCUT2D eigenvalue weighted by Crippen LogP contribution is 2.32. The minimum absolute atomic E-state index is 0.0681. The molecule has 1 aliphatic rings. The molecule has 3 rings (SSSR count). The van der Waals surface area contributed by atoms with Crippen LogP contribution in [0.3, 0.4) is 0 Å². The number of halogens is 2. The average Bonchev–Trinajstić information content (AvgIpc) is 3.06. The number of hydrogen-bond acceptors (Lipinski definition) is 3. The topological polar surface area (TPSA) is 59.5 Å². The number of thiocarbonyl (C=S) groups is 1. The van der Waals surface area contributed by atoms with Gasteiger partial charge in [0.25, 0.3) is 0 Å². The number of likely N-dealkylation sites (tertiary alicyclic amines) is 1. The van der Waals surface area contributed by atoms with Gasteiger partial charge in [-0.15, -0.1) is 0 Å². The van der Waals surface area contributed by atoms with Crippen molar-refractivity contribution in [1.82, 2.24) is 4.90 Å². The Morgan fingerprint density at radius 3 is 2.58 bits per heavy atom. The lowest BCUT2D eigenvalue weighted by Crippen LogP contribution is -2.41. The van der Waals surface area contributed by atoms with Crippen LogP contribution in [0.1, 0.15) is 18.6 Å². The summed E-state index contributed by atoms with van der Waals surface area (Å²) in [6, 6.07) is 8.87. The maximum absolute atomic E-state index is 11.2. The van der Waals surface area contributed by atoms with Gasteiger partial charge in [0.15, 0.2) is 5.76 Å². The third-order valence-corrected chi connectivity index (χ3v) is 5.22. The van der Waals surface area contributed by atoms with Crippen LogP contribution in [0.25, 0.3) is 11.3 Å². The second-order valence-corrected chi connectivity index (χ2v) is 6.99. The Kier molecular flexibility index (Phi) is 5.13. The van der Waals surface area contributed by atoms with E-state index in [0.717, 1.165) is 5.56 Å². The minimum atomic E-state index is -0.239. The number of rotatable bonds is 3. The first-order chi connectivity index (χ1) is 11.5. The predicted molar refractivity (Wildman–Crippen MR) is 99.4 cm³/mol. The summed E-state index contributed by atoms with van der Waals surface area (Å²) >= 11 is 17.8. The van der Waals surface area contributed by atoms with Gasteiger partial charge in [0, 0.05) is 29.6 Å². The fraction of sp³-hybridized carbons (Fsp3) is 0.294. The zero-order chi connectivity index (χ0) is 17.3. The van der Waals surface area contributed by atoms with E-state index in [1.165, 1.54) is 0 Å². The number of carbonyl (C=O) groups excluding carboxylic acids is 1. The monoisotopic (exact) mass is 382 g/mol. The predicted octanol–water partition coefficient (Wildman–Crippen LogP) is 4.13. The molecule has 0 atom stereocenters. The van der Waals surface area contributed by atoms with Crippen molar-refractivity contribution in [3.8, 4) is 11.3 Å². The Morgan fingerprint density at radius 2 is 1.92 bits per heavy atom. The Balaban J connectivity index is 1.75. The molecular formula is C17H16Cl2N2O2S. The van der Waals surface area contributed by atoms with E-state index in [0.29, 0.717) is 52.5 Å². The standard InChI is InChI=1S/C17H16Cl2N2O2S/c18-11-1-2-13(19)12(9-11)14-3-4-15(23-14)17(24)21-7-5-10(6-8-21)16(20)22/h1-4,9-10H,5-8H2,(H2,20,22). The average molecular weight is 383 g/mol. The number of nitrogens with zero attached hydrogens (tertiary/aromatic N) is 1. The first-order valence-electron chi connectivity index (χ1n) is 7.59. The van der Waals surface area contributed by atoms with Crippen LogP contribution in [-0.2, 0) is 4.79 Å². The second kappa shape index (κ2) is 7.13. The molecule has 0 spiro atoms. The number of amides is 1. The molecule has 2 N–H and O–H groups in total. The molecule has 0 bridgehead atoms. The molecule has 0 aliphatic carbocycles. The fourth-order valence-corrected chi connectivity index (χ4v) is 3.48. The summed E-state index contributed by atoms with van der Waals surface area (Å²) in [4.78, 5) is 13.9. The van der Waals surface area contributed by atoms with Gasteiger partial charge in [-0.3, -0.25) is 4.79 Å². The van der Waals surface area contributed by atoms with Gasteiger partial charge in [0.1, 0.15) is 10.7 Å². The highest BCUT2D eigenvalue weighted by molar-refractivity contribution is 7.80. The molecule has 1 fully saturated rings. The molecule has 7 heteroatoms. The van der Waals surface area contributed by atoms with Crippen LogP contribution in [-0.4, -0.2) is 28.9 Å². The quantitative estimate of drug-likeness (QED) is 0.810. The molecule has 1 amide bonds. The van der Waals surface area contributed by atoms with Gasteiger partial charge in [0.2, 0.25) is 5.91 Å². The van der Waals surface area contributed by atoms with E-state index in [9.17, 15) is 4.79 Å². The maximum Gasteiger partial charge on any atom is 0.220 e. The number of furan rings is 1. The number of hydrogen-bond donors (Lipinski definition) is 1. The van der Waals surface area contributed by atoms with E-state index in [1.807, 2.05) is 17.0 Å². The number of nitrogens with two attached hydrogens (primary N) is 1. The largest absolute Gasteiger partial charge is 0.454 e. The van der Waals surface area contributed by atoms with Crippen molar-refractivity contribution in [2.75, 3.05) is 13.1 Å². The van der Waals surface area contributed by atoms with Crippen molar-refractivity contribution in [1.29, 1.82) is 0 Å². The van der Waals surface area contributed by atoms with E-state index in [2.05, 4.69) is 0 Å². The third-order valence-electron chi connectivity index (χ3n) is 4.20. The van der Waals surface area contributed by atoms with Crippen molar-refractivity contribution < 1.29 is 9.21 Å². The molecular weight excluding hydrogens is 367 g/mol. The molecule has 1 aromatic carbocycles. The summed E-state index contributed by atoms with van der Waals surface area (Å²) in [7, 11) is 0. The first kappa shape index (κ1) is 17.3. The summed E-state index contributed by atoms with van der Waals surface area (Å²) in [6.07, 6.45) is 1.42. The molecule has 0 radical (unpaired) electrons. The van der Waals surface area contributed by atoms with Crippen molar-refractivity contribution in [2.24, 2.45) is 11.7 Å². The summed E-state index contributed by atoms with van der Waals surface area (Å²) in [5.74, 6) is 0.915. The SMILES string of the molecule is NC(=O)C1CCN(C(=S)c2ccc(-c3cc(Cl)ccc3Cl)o2)CC1. The van der Waals surface area contributed by atoms with Crippen LogP contribution >= 0.6 is 35.4 Å². The molecule has 24 heavy (non-hydrogen) atoms. The Bertz CT molecular complexity index is 783. The molecule has 1 aromatic heterocycles. The molecule has 0 saturated carbocycles. The van der Waals surface area contributed by atoms with Crippen LogP contribution in [0, 0.1) is 5.92 Å². The van der Waals surface area contributed by atoms with Crippen LogP contribution in [0.4, 0.5) is 0 Å². The minimum Gasteiger partial charge on any atom is -0.454 e. The molecule has 2 aromatic rings. The van der Waals surface area contributed by atoms with Crippen molar-refractivity contribution >= 4 is 46.3 Å². The number of carbonyl (C=O) groups is 1. The molecule has 4 nitrogen and oxygen atoms in total. The fourth-order valence-electron chi connectivity index (χ4n) is 2.81. The van der Waals surface area contributed by atoms with E-state index in [-0.39, 0.29) is 11.8 Å². The van der Waals surface area contributed by atoms with Crippen LogP contribution in [0.5, 0.6) is 0 Å². The highest BCUT2D eigenvalue weighted by atomic mass is 35.5. The van der Waals surface area contributed by atoms with Crippen LogP contribution < -0.4 is 5.73 Å². The van der Waals surface area contributed by atoms with Gasteiger partial charge in [-0.2, -0.15) is 0 Å². The van der Waals surface area contributed by atoms with E-state index in [1.54, 1.807) is 18.2 Å². The lowest BCUT2D eigenvalue weighted by molar-refractivity contribution is -0.122. The van der Waals surface area contributed by atoms with Crippen LogP contribution in [0.2, 0.25) is 10.0 Å². The molecule has 126 valence electrons. The molecule has 1 saturated heterocycles. The Morgan fingerprint density at radius 1 is 1.21 bits per heavy atom. The normalized spacial score (nSPS) is 15.5. The number of piperidine rings is 1. The van der Waals surface area contributed by atoms with E-state index < -0.39 is 0 Å².